The van der Waals surface area contributed by atoms with Gasteiger partial charge in [-0.3, -0.25) is 0 Å². The molecule has 0 aromatic carbocycles. The molecular weight excluding hydrogens is 266 g/mol. The highest BCUT2D eigenvalue weighted by Gasteiger charge is 2.51. The summed E-state index contributed by atoms with van der Waals surface area (Å²) in [4.78, 5) is 11.9. The first-order valence-electron chi connectivity index (χ1n) is 7.44. The Bertz CT molecular complexity index is 365. The number of rotatable bonds is 4. The first-order chi connectivity index (χ1) is 9.40. The van der Waals surface area contributed by atoms with E-state index in [9.17, 15) is 13.6 Å². The fraction of sp³-hybridized carbons (Fsp3) is 0.929. The number of hydrogen-bond donors (Lipinski definition) is 3. The van der Waals surface area contributed by atoms with E-state index in [2.05, 4.69) is 10.6 Å². The highest BCUT2D eigenvalue weighted by Crippen LogP contribution is 2.55. The van der Waals surface area contributed by atoms with Crippen LogP contribution in [-0.4, -0.2) is 35.8 Å². The Labute approximate surface area is 117 Å². The fourth-order valence-electron chi connectivity index (χ4n) is 4.81. The van der Waals surface area contributed by atoms with Crippen molar-refractivity contribution in [1.82, 2.24) is 10.6 Å². The van der Waals surface area contributed by atoms with Crippen molar-refractivity contribution in [3.05, 3.63) is 0 Å². The van der Waals surface area contributed by atoms with Gasteiger partial charge in [0.05, 0.1) is 6.54 Å². The Morgan fingerprint density at radius 3 is 2.10 bits per heavy atom. The quantitative estimate of drug-likeness (QED) is 0.739. The molecule has 4 aliphatic rings. The molecule has 4 saturated carbocycles. The van der Waals surface area contributed by atoms with Gasteiger partial charge in [0.1, 0.15) is 6.61 Å². The average molecular weight is 288 g/mol. The molecule has 0 radical (unpaired) electrons. The number of aliphatic hydroxyl groups excluding tert-OH is 1. The van der Waals surface area contributed by atoms with Crippen LogP contribution in [0, 0.1) is 17.8 Å². The number of halogens is 2. The zero-order chi connectivity index (χ0) is 14.4. The topological polar surface area (TPSA) is 61.4 Å². The number of amides is 2. The molecule has 4 nitrogen and oxygen atoms in total. The first-order valence-corrected chi connectivity index (χ1v) is 7.44. The van der Waals surface area contributed by atoms with Gasteiger partial charge >= 0.3 is 6.03 Å². The minimum Gasteiger partial charge on any atom is -0.390 e. The summed E-state index contributed by atoms with van der Waals surface area (Å²) >= 11 is 0. The Hall–Kier alpha value is -0.910. The molecule has 4 aliphatic carbocycles. The molecule has 0 heterocycles. The summed E-state index contributed by atoms with van der Waals surface area (Å²) in [6, 6.07) is -0.528. The summed E-state index contributed by atoms with van der Waals surface area (Å²) in [6.07, 6.45) is 6.77. The van der Waals surface area contributed by atoms with E-state index in [0.29, 0.717) is 17.8 Å². The summed E-state index contributed by atoms with van der Waals surface area (Å²) in [7, 11) is 0. The molecule has 4 fully saturated rings. The number of carbonyl (C=O) groups is 1. The Morgan fingerprint density at radius 1 is 1.15 bits per heavy atom. The molecule has 6 heteroatoms. The summed E-state index contributed by atoms with van der Waals surface area (Å²) in [5.74, 6) is -1.17. The number of hydrogen-bond acceptors (Lipinski definition) is 2. The molecule has 0 aromatic rings. The molecule has 0 saturated heterocycles. The van der Waals surface area contributed by atoms with Crippen molar-refractivity contribution in [3.63, 3.8) is 0 Å². The lowest BCUT2D eigenvalue weighted by molar-refractivity contribution is -0.0465. The molecule has 20 heavy (non-hydrogen) atoms. The Balaban J connectivity index is 1.56. The maximum Gasteiger partial charge on any atom is 0.315 e. The number of carbonyl (C=O) groups excluding carboxylic acids is 1. The molecule has 0 aromatic heterocycles. The second-order valence-corrected chi connectivity index (χ2v) is 7.02. The maximum absolute atomic E-state index is 12.9. The molecule has 114 valence electrons. The Kier molecular flexibility index (Phi) is 3.39. The predicted molar refractivity (Wildman–Crippen MR) is 69.5 cm³/mol. The van der Waals surface area contributed by atoms with E-state index in [4.69, 9.17) is 5.11 Å². The molecule has 0 atom stereocenters. The smallest absolute Gasteiger partial charge is 0.315 e. The molecule has 0 unspecified atom stereocenters. The third-order valence-corrected chi connectivity index (χ3v) is 5.16. The monoisotopic (exact) mass is 288 g/mol. The Morgan fingerprint density at radius 2 is 1.65 bits per heavy atom. The van der Waals surface area contributed by atoms with Crippen LogP contribution in [0.5, 0.6) is 0 Å². The van der Waals surface area contributed by atoms with Crippen LogP contribution in [0.3, 0.4) is 0 Å². The molecule has 0 spiro atoms. The van der Waals surface area contributed by atoms with Crippen molar-refractivity contribution in [1.29, 1.82) is 0 Å². The normalized spacial score (nSPS) is 38.9. The van der Waals surface area contributed by atoms with Gasteiger partial charge in [-0.05, 0) is 56.3 Å². The first kappa shape index (κ1) is 14.0. The van der Waals surface area contributed by atoms with E-state index in [0.717, 1.165) is 19.3 Å². The SMILES string of the molecule is O=C(NCC(F)(F)CO)NC12CC3CC(CC(C3)C1)C2. The van der Waals surface area contributed by atoms with Crippen LogP contribution in [0.4, 0.5) is 13.6 Å². The minimum atomic E-state index is -3.25. The van der Waals surface area contributed by atoms with Gasteiger partial charge in [0, 0.05) is 5.54 Å². The van der Waals surface area contributed by atoms with Crippen molar-refractivity contribution in [2.75, 3.05) is 13.2 Å². The standard InChI is InChI=1S/C14H22F2N2O2/c15-14(16,8-19)7-17-12(20)18-13-4-9-1-10(5-13)3-11(2-9)6-13/h9-11,19H,1-8H2,(H2,17,18,20). The lowest BCUT2D eigenvalue weighted by Crippen LogP contribution is -2.62. The third-order valence-electron chi connectivity index (χ3n) is 5.16. The lowest BCUT2D eigenvalue weighted by atomic mass is 9.53. The highest BCUT2D eigenvalue weighted by atomic mass is 19.3. The van der Waals surface area contributed by atoms with Gasteiger partial charge in [-0.1, -0.05) is 0 Å². The van der Waals surface area contributed by atoms with Gasteiger partial charge in [0.25, 0.3) is 5.92 Å². The summed E-state index contributed by atoms with van der Waals surface area (Å²) < 4.78 is 25.8. The van der Waals surface area contributed by atoms with Crippen molar-refractivity contribution in [3.8, 4) is 0 Å². The van der Waals surface area contributed by atoms with Crippen LogP contribution in [-0.2, 0) is 0 Å². The molecule has 4 bridgehead atoms. The molecule has 4 rings (SSSR count). The van der Waals surface area contributed by atoms with Crippen LogP contribution >= 0.6 is 0 Å². The van der Waals surface area contributed by atoms with E-state index in [1.165, 1.54) is 19.3 Å². The number of alkyl halides is 2. The van der Waals surface area contributed by atoms with E-state index in [1.54, 1.807) is 0 Å². The van der Waals surface area contributed by atoms with Gasteiger partial charge in [-0.2, -0.15) is 0 Å². The lowest BCUT2D eigenvalue weighted by Gasteiger charge is -2.56. The summed E-state index contributed by atoms with van der Waals surface area (Å²) in [6.45, 7) is -2.06. The van der Waals surface area contributed by atoms with Crippen molar-refractivity contribution in [2.45, 2.75) is 50.0 Å². The average Bonchev–Trinajstić information content (AvgIpc) is 2.34. The predicted octanol–water partition coefficient (Wildman–Crippen LogP) is 1.88. The zero-order valence-electron chi connectivity index (χ0n) is 11.5. The van der Waals surface area contributed by atoms with E-state index < -0.39 is 25.1 Å². The molecular formula is C14H22F2N2O2. The van der Waals surface area contributed by atoms with Crippen molar-refractivity contribution < 1.29 is 18.7 Å². The van der Waals surface area contributed by atoms with Crippen molar-refractivity contribution >= 4 is 6.03 Å². The molecule has 2 amide bonds. The van der Waals surface area contributed by atoms with Gasteiger partial charge in [0.2, 0.25) is 0 Å². The van der Waals surface area contributed by atoms with Crippen molar-refractivity contribution in [2.24, 2.45) is 17.8 Å². The second-order valence-electron chi connectivity index (χ2n) is 7.02. The number of urea groups is 1. The van der Waals surface area contributed by atoms with Crippen LogP contribution in [0.2, 0.25) is 0 Å². The second kappa shape index (κ2) is 4.83. The summed E-state index contributed by atoms with van der Waals surface area (Å²) in [5.41, 5.74) is -0.173. The van der Waals surface area contributed by atoms with Gasteiger partial charge in [-0.25, -0.2) is 13.6 Å². The third kappa shape index (κ3) is 2.75. The molecule has 0 aliphatic heterocycles. The fourth-order valence-corrected chi connectivity index (χ4v) is 4.81. The van der Waals surface area contributed by atoms with Crippen LogP contribution < -0.4 is 10.6 Å². The van der Waals surface area contributed by atoms with Gasteiger partial charge in [-0.15, -0.1) is 0 Å². The van der Waals surface area contributed by atoms with E-state index in [-0.39, 0.29) is 5.54 Å². The van der Waals surface area contributed by atoms with E-state index >= 15 is 0 Å². The van der Waals surface area contributed by atoms with Crippen LogP contribution in [0.1, 0.15) is 38.5 Å². The largest absolute Gasteiger partial charge is 0.390 e. The van der Waals surface area contributed by atoms with Gasteiger partial charge in [0.15, 0.2) is 0 Å². The summed E-state index contributed by atoms with van der Waals surface area (Å²) in [5, 5.41) is 13.6. The highest BCUT2D eigenvalue weighted by molar-refractivity contribution is 5.75. The van der Waals surface area contributed by atoms with E-state index in [1.807, 2.05) is 0 Å². The van der Waals surface area contributed by atoms with Gasteiger partial charge < -0.3 is 15.7 Å². The molecule has 3 N–H and O–H groups in total. The minimum absolute atomic E-state index is 0.173. The zero-order valence-corrected chi connectivity index (χ0v) is 11.5. The van der Waals surface area contributed by atoms with Crippen LogP contribution in [0.25, 0.3) is 0 Å². The van der Waals surface area contributed by atoms with Crippen LogP contribution in [0.15, 0.2) is 0 Å². The number of aliphatic hydroxyl groups is 1. The maximum atomic E-state index is 12.9. The number of nitrogens with one attached hydrogen (secondary N) is 2.